The minimum absolute atomic E-state index is 0.0346. The molecule has 1 aliphatic rings. The number of rotatable bonds is 6. The zero-order chi connectivity index (χ0) is 21.0. The lowest BCUT2D eigenvalue weighted by Gasteiger charge is -2.27. The van der Waals surface area contributed by atoms with Gasteiger partial charge in [-0.05, 0) is 42.7 Å². The maximum absolute atomic E-state index is 13.0. The van der Waals surface area contributed by atoms with Crippen LogP contribution in [0.15, 0.2) is 54.6 Å². The van der Waals surface area contributed by atoms with Crippen LogP contribution in [0.25, 0.3) is 6.08 Å². The SMILES string of the molecule is Cc1ccc(/C=C/C(=O)N(Cc2ccc(N(C)C)cc2)C2CCS(=O)(=O)C2)cc1. The highest BCUT2D eigenvalue weighted by Gasteiger charge is 2.34. The Morgan fingerprint density at radius 2 is 1.72 bits per heavy atom. The first-order chi connectivity index (χ1) is 13.7. The molecule has 0 radical (unpaired) electrons. The first-order valence-electron chi connectivity index (χ1n) is 9.75. The van der Waals surface area contributed by atoms with Crippen molar-refractivity contribution in [3.8, 4) is 0 Å². The van der Waals surface area contributed by atoms with Crippen molar-refractivity contribution in [3.63, 3.8) is 0 Å². The zero-order valence-corrected chi connectivity index (χ0v) is 18.0. The van der Waals surface area contributed by atoms with Crippen LogP contribution in [0.3, 0.4) is 0 Å². The molecular weight excluding hydrogens is 384 g/mol. The molecule has 0 aromatic heterocycles. The Hall–Kier alpha value is -2.60. The van der Waals surface area contributed by atoms with Gasteiger partial charge in [0.2, 0.25) is 5.91 Å². The molecule has 0 N–H and O–H groups in total. The predicted molar refractivity (Wildman–Crippen MR) is 119 cm³/mol. The highest BCUT2D eigenvalue weighted by atomic mass is 32.2. The summed E-state index contributed by atoms with van der Waals surface area (Å²) >= 11 is 0. The van der Waals surface area contributed by atoms with Crippen LogP contribution >= 0.6 is 0 Å². The Morgan fingerprint density at radius 3 is 2.28 bits per heavy atom. The Labute approximate surface area is 173 Å². The third-order valence-electron chi connectivity index (χ3n) is 5.23. The fourth-order valence-corrected chi connectivity index (χ4v) is 5.18. The molecule has 6 heteroatoms. The van der Waals surface area contributed by atoms with Gasteiger partial charge in [-0.2, -0.15) is 0 Å². The summed E-state index contributed by atoms with van der Waals surface area (Å²) < 4.78 is 24.0. The van der Waals surface area contributed by atoms with E-state index in [0.29, 0.717) is 13.0 Å². The molecule has 1 unspecified atom stereocenters. The van der Waals surface area contributed by atoms with Gasteiger partial charge >= 0.3 is 0 Å². The zero-order valence-electron chi connectivity index (χ0n) is 17.2. The number of sulfone groups is 1. The summed E-state index contributed by atoms with van der Waals surface area (Å²) in [6.07, 6.45) is 3.82. The van der Waals surface area contributed by atoms with Gasteiger partial charge in [-0.25, -0.2) is 8.42 Å². The second-order valence-corrected chi connectivity index (χ2v) is 10.1. The lowest BCUT2D eigenvalue weighted by atomic mass is 10.1. The van der Waals surface area contributed by atoms with E-state index in [2.05, 4.69) is 0 Å². The van der Waals surface area contributed by atoms with Crippen molar-refractivity contribution < 1.29 is 13.2 Å². The molecule has 3 rings (SSSR count). The van der Waals surface area contributed by atoms with Crippen LogP contribution in [0, 0.1) is 6.92 Å². The summed E-state index contributed by atoms with van der Waals surface area (Å²) in [6, 6.07) is 15.6. The van der Waals surface area contributed by atoms with Gasteiger partial charge < -0.3 is 9.80 Å². The predicted octanol–water partition coefficient (Wildman–Crippen LogP) is 3.29. The third-order valence-corrected chi connectivity index (χ3v) is 6.98. The van der Waals surface area contributed by atoms with Crippen molar-refractivity contribution in [2.75, 3.05) is 30.5 Å². The minimum Gasteiger partial charge on any atom is -0.378 e. The van der Waals surface area contributed by atoms with Gasteiger partial charge in [-0.1, -0.05) is 42.0 Å². The molecule has 154 valence electrons. The molecule has 1 amide bonds. The first-order valence-corrected chi connectivity index (χ1v) is 11.6. The Morgan fingerprint density at radius 1 is 1.07 bits per heavy atom. The average Bonchev–Trinajstić information content (AvgIpc) is 3.05. The molecule has 0 aliphatic carbocycles. The summed E-state index contributed by atoms with van der Waals surface area (Å²) in [5, 5.41) is 0. The van der Waals surface area contributed by atoms with Gasteiger partial charge in [0.15, 0.2) is 9.84 Å². The van der Waals surface area contributed by atoms with E-state index in [0.717, 1.165) is 22.4 Å². The van der Waals surface area contributed by atoms with Crippen LogP contribution in [0.5, 0.6) is 0 Å². The molecule has 2 aromatic carbocycles. The van der Waals surface area contributed by atoms with Crippen molar-refractivity contribution in [2.45, 2.75) is 25.9 Å². The van der Waals surface area contributed by atoms with Crippen molar-refractivity contribution in [3.05, 3.63) is 71.3 Å². The molecule has 2 aromatic rings. The van der Waals surface area contributed by atoms with Crippen molar-refractivity contribution in [1.29, 1.82) is 0 Å². The highest BCUT2D eigenvalue weighted by molar-refractivity contribution is 7.91. The Bertz CT molecular complexity index is 978. The normalized spacial score (nSPS) is 18.1. The van der Waals surface area contributed by atoms with Gasteiger partial charge in [0.05, 0.1) is 11.5 Å². The topological polar surface area (TPSA) is 57.7 Å². The summed E-state index contributed by atoms with van der Waals surface area (Å²) in [5.74, 6) is 0.0135. The molecule has 1 saturated heterocycles. The number of aryl methyl sites for hydroxylation is 1. The molecule has 0 spiro atoms. The molecule has 0 bridgehead atoms. The van der Waals surface area contributed by atoms with Crippen LogP contribution in [0.2, 0.25) is 0 Å². The van der Waals surface area contributed by atoms with Gasteiger partial charge in [-0.3, -0.25) is 4.79 Å². The van der Waals surface area contributed by atoms with E-state index < -0.39 is 9.84 Å². The van der Waals surface area contributed by atoms with Crippen molar-refractivity contribution >= 4 is 27.5 Å². The highest BCUT2D eigenvalue weighted by Crippen LogP contribution is 2.22. The molecule has 1 atom stereocenters. The number of carbonyl (C=O) groups is 1. The van der Waals surface area contributed by atoms with E-state index in [1.165, 1.54) is 0 Å². The van der Waals surface area contributed by atoms with Gasteiger partial charge in [0, 0.05) is 38.4 Å². The van der Waals surface area contributed by atoms with Crippen LogP contribution in [0.1, 0.15) is 23.1 Å². The second kappa shape index (κ2) is 8.82. The number of hydrogen-bond acceptors (Lipinski definition) is 4. The van der Waals surface area contributed by atoms with Gasteiger partial charge in [0.1, 0.15) is 0 Å². The fourth-order valence-electron chi connectivity index (χ4n) is 3.45. The van der Waals surface area contributed by atoms with E-state index in [1.54, 1.807) is 17.1 Å². The fraction of sp³-hybridized carbons (Fsp3) is 0.348. The van der Waals surface area contributed by atoms with Crippen LogP contribution < -0.4 is 4.90 Å². The van der Waals surface area contributed by atoms with Gasteiger partial charge in [0.25, 0.3) is 0 Å². The number of amides is 1. The van der Waals surface area contributed by atoms with E-state index in [9.17, 15) is 13.2 Å². The van der Waals surface area contributed by atoms with Crippen LogP contribution in [-0.2, 0) is 21.2 Å². The van der Waals surface area contributed by atoms with Crippen molar-refractivity contribution in [2.24, 2.45) is 0 Å². The standard InChI is InChI=1S/C23H28N2O3S/c1-18-4-6-19(7-5-18)10-13-23(26)25(22-14-15-29(27,28)17-22)16-20-8-11-21(12-9-20)24(2)3/h4-13,22H,14-17H2,1-3H3/b13-10+. The van der Waals surface area contributed by atoms with E-state index in [-0.39, 0.29) is 23.5 Å². The molecule has 1 fully saturated rings. The van der Waals surface area contributed by atoms with Crippen molar-refractivity contribution in [1.82, 2.24) is 4.90 Å². The Kier molecular flexibility index (Phi) is 6.42. The second-order valence-electron chi connectivity index (χ2n) is 7.83. The molecule has 29 heavy (non-hydrogen) atoms. The molecule has 1 aliphatic heterocycles. The first kappa shape index (κ1) is 21.1. The average molecular weight is 413 g/mol. The maximum Gasteiger partial charge on any atom is 0.247 e. The number of anilines is 1. The van der Waals surface area contributed by atoms with Crippen LogP contribution in [0.4, 0.5) is 5.69 Å². The largest absolute Gasteiger partial charge is 0.378 e. The lowest BCUT2D eigenvalue weighted by Crippen LogP contribution is -2.39. The molecular formula is C23H28N2O3S. The van der Waals surface area contributed by atoms with E-state index in [1.807, 2.05) is 74.4 Å². The smallest absolute Gasteiger partial charge is 0.247 e. The van der Waals surface area contributed by atoms with E-state index >= 15 is 0 Å². The van der Waals surface area contributed by atoms with E-state index in [4.69, 9.17) is 0 Å². The minimum atomic E-state index is -3.08. The number of nitrogens with zero attached hydrogens (tertiary/aromatic N) is 2. The van der Waals surface area contributed by atoms with Gasteiger partial charge in [-0.15, -0.1) is 0 Å². The van der Waals surface area contributed by atoms with Crippen LogP contribution in [-0.4, -0.2) is 50.9 Å². The number of hydrogen-bond donors (Lipinski definition) is 0. The number of carbonyl (C=O) groups excluding carboxylic acids is 1. The Balaban J connectivity index is 1.80. The summed E-state index contributed by atoms with van der Waals surface area (Å²) in [7, 11) is 0.872. The molecule has 5 nitrogen and oxygen atoms in total. The summed E-state index contributed by atoms with van der Waals surface area (Å²) in [5.41, 5.74) is 4.16. The summed E-state index contributed by atoms with van der Waals surface area (Å²) in [4.78, 5) is 16.7. The summed E-state index contributed by atoms with van der Waals surface area (Å²) in [6.45, 7) is 2.41. The molecule has 1 heterocycles. The number of benzene rings is 2. The third kappa shape index (κ3) is 5.70. The quantitative estimate of drug-likeness (QED) is 0.683. The monoisotopic (exact) mass is 412 g/mol. The maximum atomic E-state index is 13.0. The molecule has 0 saturated carbocycles. The lowest BCUT2D eigenvalue weighted by molar-refractivity contribution is -0.128.